The molecular weight excluding hydrogens is 360 g/mol. The van der Waals surface area contributed by atoms with E-state index in [0.29, 0.717) is 5.58 Å². The third kappa shape index (κ3) is 3.71. The van der Waals surface area contributed by atoms with Gasteiger partial charge >= 0.3 is 0 Å². The van der Waals surface area contributed by atoms with Gasteiger partial charge in [0.05, 0.1) is 30.5 Å². The van der Waals surface area contributed by atoms with Gasteiger partial charge in [-0.1, -0.05) is 12.1 Å². The Hall–Kier alpha value is -3.12. The second-order valence-electron chi connectivity index (χ2n) is 6.18. The predicted molar refractivity (Wildman–Crippen MR) is 107 cm³/mol. The minimum Gasteiger partial charge on any atom is -0.497 e. The Labute approximate surface area is 160 Å². The first-order valence-electron chi connectivity index (χ1n) is 8.49. The molecular formula is C21H18N2O3S. The van der Waals surface area contributed by atoms with Crippen LogP contribution in [-0.4, -0.2) is 18.0 Å². The molecule has 2 aromatic heterocycles. The molecule has 0 saturated heterocycles. The minimum absolute atomic E-state index is 0.0971. The fourth-order valence-corrected chi connectivity index (χ4v) is 3.58. The molecule has 0 radical (unpaired) electrons. The topological polar surface area (TPSA) is 64.4 Å². The van der Waals surface area contributed by atoms with E-state index in [-0.39, 0.29) is 12.3 Å². The fourth-order valence-electron chi connectivity index (χ4n) is 2.96. The number of amides is 1. The molecule has 6 heteroatoms. The predicted octanol–water partition coefficient (Wildman–Crippen LogP) is 5.05. The number of methoxy groups -OCH3 is 1. The summed E-state index contributed by atoms with van der Waals surface area (Å²) in [6.45, 7) is 1.98. The molecule has 4 aromatic rings. The average Bonchev–Trinajstić information content (AvgIpc) is 3.28. The number of rotatable bonds is 5. The van der Waals surface area contributed by atoms with E-state index in [1.807, 2.05) is 54.8 Å². The van der Waals surface area contributed by atoms with Gasteiger partial charge in [-0.25, -0.2) is 4.98 Å². The number of carbonyl (C=O) groups is 1. The summed E-state index contributed by atoms with van der Waals surface area (Å²) in [5.74, 6) is 0.627. The number of thiazole rings is 1. The van der Waals surface area contributed by atoms with Crippen molar-refractivity contribution < 1.29 is 13.9 Å². The van der Waals surface area contributed by atoms with Crippen LogP contribution in [0.2, 0.25) is 0 Å². The number of hydrogen-bond acceptors (Lipinski definition) is 5. The zero-order valence-corrected chi connectivity index (χ0v) is 15.8. The van der Waals surface area contributed by atoms with Gasteiger partial charge in [-0.15, -0.1) is 11.3 Å². The van der Waals surface area contributed by atoms with Crippen LogP contribution in [-0.2, 0) is 11.2 Å². The Kier molecular flexibility index (Phi) is 4.64. The van der Waals surface area contributed by atoms with Gasteiger partial charge in [0.2, 0.25) is 5.91 Å². The number of aromatic nitrogens is 1. The normalized spacial score (nSPS) is 10.9. The summed E-state index contributed by atoms with van der Waals surface area (Å²) in [5.41, 5.74) is 4.20. The van der Waals surface area contributed by atoms with E-state index in [1.165, 1.54) is 0 Å². The molecule has 0 aliphatic carbocycles. The quantitative estimate of drug-likeness (QED) is 0.527. The van der Waals surface area contributed by atoms with E-state index in [0.717, 1.165) is 38.7 Å². The Morgan fingerprint density at radius 2 is 2.15 bits per heavy atom. The first kappa shape index (κ1) is 17.3. The molecule has 5 nitrogen and oxygen atoms in total. The molecule has 0 bridgehead atoms. The van der Waals surface area contributed by atoms with Gasteiger partial charge in [-0.3, -0.25) is 4.79 Å². The monoisotopic (exact) mass is 378 g/mol. The molecule has 2 heterocycles. The molecule has 1 N–H and O–H groups in total. The number of benzene rings is 2. The number of carbonyl (C=O) groups excluding carboxylic acids is 1. The van der Waals surface area contributed by atoms with Crippen LogP contribution < -0.4 is 10.1 Å². The lowest BCUT2D eigenvalue weighted by atomic mass is 10.1. The summed E-state index contributed by atoms with van der Waals surface area (Å²) in [5, 5.41) is 6.90. The number of anilines is 1. The van der Waals surface area contributed by atoms with Crippen LogP contribution in [0.4, 0.5) is 5.69 Å². The Morgan fingerprint density at radius 1 is 1.26 bits per heavy atom. The molecule has 1 amide bonds. The molecule has 0 aliphatic rings. The van der Waals surface area contributed by atoms with Gasteiger partial charge in [0.1, 0.15) is 11.3 Å². The van der Waals surface area contributed by atoms with Crippen LogP contribution in [0.1, 0.15) is 10.6 Å². The number of nitrogens with zero attached hydrogens (tertiary/aromatic N) is 1. The molecule has 0 saturated carbocycles. The van der Waals surface area contributed by atoms with Gasteiger partial charge in [-0.2, -0.15) is 0 Å². The first-order chi connectivity index (χ1) is 13.1. The van der Waals surface area contributed by atoms with Crippen LogP contribution >= 0.6 is 11.3 Å². The van der Waals surface area contributed by atoms with Gasteiger partial charge < -0.3 is 14.5 Å². The lowest BCUT2D eigenvalue weighted by molar-refractivity contribution is -0.115. The van der Waals surface area contributed by atoms with Crippen LogP contribution in [0.5, 0.6) is 5.75 Å². The molecule has 2 aromatic carbocycles. The van der Waals surface area contributed by atoms with Gasteiger partial charge in [0.25, 0.3) is 0 Å². The number of ether oxygens (including phenoxy) is 1. The number of fused-ring (bicyclic) bond motifs is 1. The molecule has 0 unspecified atom stereocenters. The summed E-state index contributed by atoms with van der Waals surface area (Å²) in [7, 11) is 1.61. The van der Waals surface area contributed by atoms with Crippen molar-refractivity contribution in [3.05, 3.63) is 64.7 Å². The second-order valence-corrected chi connectivity index (χ2v) is 7.24. The van der Waals surface area contributed by atoms with Crippen molar-refractivity contribution in [2.75, 3.05) is 12.4 Å². The van der Waals surface area contributed by atoms with Gasteiger partial charge in [-0.05, 0) is 31.2 Å². The molecule has 4 rings (SSSR count). The van der Waals surface area contributed by atoms with Gasteiger partial charge in [0, 0.05) is 33.6 Å². The fraction of sp³-hybridized carbons (Fsp3) is 0.143. The minimum atomic E-state index is -0.0971. The van der Waals surface area contributed by atoms with Crippen LogP contribution in [0, 0.1) is 6.92 Å². The van der Waals surface area contributed by atoms with Crippen molar-refractivity contribution in [2.45, 2.75) is 13.3 Å². The highest BCUT2D eigenvalue weighted by Crippen LogP contribution is 2.27. The highest BCUT2D eigenvalue weighted by molar-refractivity contribution is 7.09. The van der Waals surface area contributed by atoms with Crippen molar-refractivity contribution in [3.8, 4) is 17.0 Å². The van der Waals surface area contributed by atoms with Crippen molar-refractivity contribution >= 4 is 33.9 Å². The zero-order valence-electron chi connectivity index (χ0n) is 15.0. The van der Waals surface area contributed by atoms with Crippen LogP contribution in [0.25, 0.3) is 22.2 Å². The molecule has 0 fully saturated rings. The van der Waals surface area contributed by atoms with Crippen molar-refractivity contribution in [1.82, 2.24) is 4.98 Å². The van der Waals surface area contributed by atoms with E-state index >= 15 is 0 Å². The lowest BCUT2D eigenvalue weighted by Gasteiger charge is -2.06. The zero-order chi connectivity index (χ0) is 18.8. The van der Waals surface area contributed by atoms with Crippen molar-refractivity contribution in [2.24, 2.45) is 0 Å². The summed E-state index contributed by atoms with van der Waals surface area (Å²) in [6, 6.07) is 13.3. The Bertz CT molecular complexity index is 1110. The average molecular weight is 378 g/mol. The highest BCUT2D eigenvalue weighted by atomic mass is 32.1. The van der Waals surface area contributed by atoms with Gasteiger partial charge in [0.15, 0.2) is 0 Å². The van der Waals surface area contributed by atoms with Crippen molar-refractivity contribution in [1.29, 1.82) is 0 Å². The summed E-state index contributed by atoms with van der Waals surface area (Å²) >= 11 is 1.61. The Morgan fingerprint density at radius 3 is 2.93 bits per heavy atom. The first-order valence-corrected chi connectivity index (χ1v) is 9.37. The van der Waals surface area contributed by atoms with Crippen LogP contribution in [0.15, 0.2) is 58.5 Å². The standard InChI is InChI=1S/C21H18N2O3S/c1-13-22-19(12-27-13)14-4-3-5-16(8-14)23-21(24)9-15-11-26-20-10-17(25-2)6-7-18(15)20/h3-8,10-12H,9H2,1-2H3,(H,23,24). The lowest BCUT2D eigenvalue weighted by Crippen LogP contribution is -2.14. The van der Waals surface area contributed by atoms with E-state index in [4.69, 9.17) is 9.15 Å². The second kappa shape index (κ2) is 7.25. The largest absolute Gasteiger partial charge is 0.497 e. The highest BCUT2D eigenvalue weighted by Gasteiger charge is 2.12. The third-order valence-electron chi connectivity index (χ3n) is 4.27. The van der Waals surface area contributed by atoms with E-state index in [2.05, 4.69) is 10.3 Å². The number of hydrogen-bond donors (Lipinski definition) is 1. The number of furan rings is 1. The molecule has 0 atom stereocenters. The smallest absolute Gasteiger partial charge is 0.228 e. The SMILES string of the molecule is COc1ccc2c(CC(=O)Nc3cccc(-c4csc(C)n4)c3)coc2c1. The molecule has 0 aliphatic heterocycles. The number of aryl methyl sites for hydroxylation is 1. The van der Waals surface area contributed by atoms with Crippen LogP contribution in [0.3, 0.4) is 0 Å². The summed E-state index contributed by atoms with van der Waals surface area (Å²) in [4.78, 5) is 17.0. The maximum atomic E-state index is 12.5. The summed E-state index contributed by atoms with van der Waals surface area (Å²) in [6.07, 6.45) is 1.86. The molecule has 27 heavy (non-hydrogen) atoms. The molecule has 0 spiro atoms. The van der Waals surface area contributed by atoms with E-state index in [9.17, 15) is 4.79 Å². The van der Waals surface area contributed by atoms with Crippen molar-refractivity contribution in [3.63, 3.8) is 0 Å². The van der Waals surface area contributed by atoms with E-state index in [1.54, 1.807) is 24.7 Å². The number of nitrogens with one attached hydrogen (secondary N) is 1. The van der Waals surface area contributed by atoms with E-state index < -0.39 is 0 Å². The summed E-state index contributed by atoms with van der Waals surface area (Å²) < 4.78 is 10.8. The maximum absolute atomic E-state index is 12.5. The molecule has 136 valence electrons. The Balaban J connectivity index is 1.50. The maximum Gasteiger partial charge on any atom is 0.228 e. The third-order valence-corrected chi connectivity index (χ3v) is 5.05.